The highest BCUT2D eigenvalue weighted by Gasteiger charge is 2.33. The van der Waals surface area contributed by atoms with Crippen molar-refractivity contribution >= 4 is 5.97 Å². The highest BCUT2D eigenvalue weighted by atomic mass is 16.5. The first-order valence-corrected chi connectivity index (χ1v) is 10.8. The van der Waals surface area contributed by atoms with Crippen LogP contribution in [0.1, 0.15) is 24.5 Å². The van der Waals surface area contributed by atoms with Crippen LogP contribution in [0.4, 0.5) is 0 Å². The first kappa shape index (κ1) is 23.7. The molecule has 7 heteroatoms. The maximum atomic E-state index is 11.1. The van der Waals surface area contributed by atoms with Gasteiger partial charge in [-0.05, 0) is 29.3 Å². The number of hydrogen-bond acceptors (Lipinski definition) is 6. The second-order valence-corrected chi connectivity index (χ2v) is 8.36. The van der Waals surface area contributed by atoms with Gasteiger partial charge in [0.25, 0.3) is 0 Å². The lowest BCUT2D eigenvalue weighted by atomic mass is 9.88. The summed E-state index contributed by atoms with van der Waals surface area (Å²) in [5, 5.41) is 0. The van der Waals surface area contributed by atoms with Gasteiger partial charge in [0.2, 0.25) is 0 Å². The van der Waals surface area contributed by atoms with E-state index in [1.807, 2.05) is 18.2 Å². The van der Waals surface area contributed by atoms with Gasteiger partial charge < -0.3 is 28.2 Å². The van der Waals surface area contributed by atoms with E-state index < -0.39 is 0 Å². The molecule has 174 valence electrons. The van der Waals surface area contributed by atoms with Crippen molar-refractivity contribution < 1.29 is 33.0 Å². The number of hydrogen-bond donors (Lipinski definition) is 0. The van der Waals surface area contributed by atoms with Crippen molar-refractivity contribution in [3.05, 3.63) is 35.4 Å². The van der Waals surface area contributed by atoms with Crippen LogP contribution in [-0.2, 0) is 22.5 Å². The van der Waals surface area contributed by atoms with E-state index in [1.54, 1.807) is 28.4 Å². The molecular weight excluding hydrogens is 410 g/mol. The van der Waals surface area contributed by atoms with Crippen LogP contribution in [0.3, 0.4) is 0 Å². The van der Waals surface area contributed by atoms with Gasteiger partial charge in [-0.15, -0.1) is 0 Å². The molecule has 2 aromatic rings. The molecule has 32 heavy (non-hydrogen) atoms. The summed E-state index contributed by atoms with van der Waals surface area (Å²) in [5.41, 5.74) is 4.52. The highest BCUT2D eigenvalue weighted by Crippen LogP contribution is 2.46. The average molecular weight is 445 g/mol. The number of carbonyl (C=O) groups excluding carboxylic acids is 1. The Morgan fingerprint density at radius 1 is 0.969 bits per heavy atom. The van der Waals surface area contributed by atoms with Crippen LogP contribution < -0.4 is 18.9 Å². The molecule has 0 spiro atoms. The van der Waals surface area contributed by atoms with Crippen LogP contribution in [0.2, 0.25) is 0 Å². The summed E-state index contributed by atoms with van der Waals surface area (Å²) in [4.78, 5) is 11.1. The topological polar surface area (TPSA) is 63.2 Å². The second kappa shape index (κ2) is 10.1. The minimum atomic E-state index is -0.232. The number of fused-ring (bicyclic) bond motifs is 1. The third-order valence-electron chi connectivity index (χ3n) is 6.15. The van der Waals surface area contributed by atoms with Gasteiger partial charge in [-0.1, -0.05) is 6.07 Å². The molecule has 0 amide bonds. The summed E-state index contributed by atoms with van der Waals surface area (Å²) in [5.74, 6) is 2.55. The standard InChI is InChI=1S/C25H34NO6/c1-17(27)32-13-7-11-26(2)12-10-18-14-23(30-5)25(31-6)24(20(18)16-26)19-8-9-21(28-3)22(15-19)29-4/h8-9,14-15H,7,10-13,16H2,1-6H3/q+1. The molecule has 0 saturated heterocycles. The summed E-state index contributed by atoms with van der Waals surface area (Å²) in [6.07, 6.45) is 1.75. The van der Waals surface area contributed by atoms with Gasteiger partial charge in [-0.25, -0.2) is 0 Å². The molecule has 1 aliphatic rings. The molecule has 0 bridgehead atoms. The van der Waals surface area contributed by atoms with Crippen LogP contribution in [0.15, 0.2) is 24.3 Å². The Bertz CT molecular complexity index is 973. The Kier molecular flexibility index (Phi) is 7.51. The van der Waals surface area contributed by atoms with Gasteiger partial charge in [-0.2, -0.15) is 0 Å². The van der Waals surface area contributed by atoms with Gasteiger partial charge in [0.05, 0.1) is 55.2 Å². The summed E-state index contributed by atoms with van der Waals surface area (Å²) in [6.45, 7) is 4.67. The van der Waals surface area contributed by atoms with E-state index in [1.165, 1.54) is 18.1 Å². The van der Waals surface area contributed by atoms with E-state index in [0.29, 0.717) is 23.9 Å². The number of methoxy groups -OCH3 is 4. The Balaban J connectivity index is 2.05. The highest BCUT2D eigenvalue weighted by molar-refractivity contribution is 5.80. The van der Waals surface area contributed by atoms with Crippen LogP contribution >= 0.6 is 0 Å². The lowest BCUT2D eigenvalue weighted by Crippen LogP contribution is -2.48. The maximum Gasteiger partial charge on any atom is 0.302 e. The first-order valence-electron chi connectivity index (χ1n) is 10.8. The molecular formula is C25H34NO6+. The smallest absolute Gasteiger partial charge is 0.302 e. The number of ether oxygens (including phenoxy) is 5. The minimum absolute atomic E-state index is 0.232. The van der Waals surface area contributed by atoms with E-state index in [4.69, 9.17) is 23.7 Å². The first-order chi connectivity index (χ1) is 15.4. The fraction of sp³-hybridized carbons (Fsp3) is 0.480. The summed E-state index contributed by atoms with van der Waals surface area (Å²) in [7, 11) is 8.86. The molecule has 0 aliphatic carbocycles. The molecule has 1 heterocycles. The molecule has 1 aliphatic heterocycles. The third kappa shape index (κ3) is 4.93. The van der Waals surface area contributed by atoms with Crippen molar-refractivity contribution in [2.75, 3.05) is 55.2 Å². The zero-order chi connectivity index (χ0) is 23.3. The zero-order valence-electron chi connectivity index (χ0n) is 19.9. The Morgan fingerprint density at radius 2 is 1.69 bits per heavy atom. The fourth-order valence-electron chi connectivity index (χ4n) is 4.49. The van der Waals surface area contributed by atoms with Crippen LogP contribution in [0.5, 0.6) is 23.0 Å². The predicted molar refractivity (Wildman–Crippen MR) is 123 cm³/mol. The Labute approximate surface area is 190 Å². The number of carbonyl (C=O) groups is 1. The number of quaternary nitrogens is 1. The van der Waals surface area contributed by atoms with E-state index in [2.05, 4.69) is 13.1 Å². The van der Waals surface area contributed by atoms with Crippen LogP contribution in [0, 0.1) is 0 Å². The predicted octanol–water partition coefficient (Wildman–Crippen LogP) is 3.84. The molecule has 0 saturated carbocycles. The van der Waals surface area contributed by atoms with Crippen molar-refractivity contribution in [1.82, 2.24) is 0 Å². The van der Waals surface area contributed by atoms with Crippen molar-refractivity contribution in [1.29, 1.82) is 0 Å². The number of likely N-dealkylation sites (N-methyl/N-ethyl adjacent to an activating group) is 1. The summed E-state index contributed by atoms with van der Waals surface area (Å²) in [6, 6.07) is 8.02. The lowest BCUT2D eigenvalue weighted by molar-refractivity contribution is -0.924. The third-order valence-corrected chi connectivity index (χ3v) is 6.15. The quantitative estimate of drug-likeness (QED) is 0.333. The molecule has 3 rings (SSSR count). The van der Waals surface area contributed by atoms with Gasteiger partial charge in [0.15, 0.2) is 23.0 Å². The molecule has 0 N–H and O–H groups in total. The van der Waals surface area contributed by atoms with Crippen LogP contribution in [-0.4, -0.2) is 65.6 Å². The van der Waals surface area contributed by atoms with Gasteiger partial charge in [0.1, 0.15) is 6.54 Å². The molecule has 0 fully saturated rings. The number of rotatable bonds is 9. The monoisotopic (exact) mass is 444 g/mol. The van der Waals surface area contributed by atoms with E-state index in [9.17, 15) is 4.79 Å². The zero-order valence-corrected chi connectivity index (χ0v) is 19.9. The average Bonchev–Trinajstić information content (AvgIpc) is 2.80. The Morgan fingerprint density at radius 3 is 2.31 bits per heavy atom. The van der Waals surface area contributed by atoms with Gasteiger partial charge in [0, 0.05) is 30.9 Å². The second-order valence-electron chi connectivity index (χ2n) is 8.36. The number of esters is 1. The fourth-order valence-corrected chi connectivity index (χ4v) is 4.49. The van der Waals surface area contributed by atoms with Crippen LogP contribution in [0.25, 0.3) is 11.1 Å². The van der Waals surface area contributed by atoms with Crippen molar-refractivity contribution in [3.63, 3.8) is 0 Å². The minimum Gasteiger partial charge on any atom is -0.493 e. The largest absolute Gasteiger partial charge is 0.493 e. The van der Waals surface area contributed by atoms with Crippen molar-refractivity contribution in [2.24, 2.45) is 0 Å². The Hall–Kier alpha value is -2.93. The maximum absolute atomic E-state index is 11.1. The van der Waals surface area contributed by atoms with Gasteiger partial charge in [-0.3, -0.25) is 4.79 Å². The van der Waals surface area contributed by atoms with E-state index >= 15 is 0 Å². The normalized spacial score (nSPS) is 17.3. The molecule has 2 aromatic carbocycles. The van der Waals surface area contributed by atoms with Crippen molar-refractivity contribution in [3.8, 4) is 34.1 Å². The molecule has 0 radical (unpaired) electrons. The number of nitrogens with zero attached hydrogens (tertiary/aromatic N) is 1. The molecule has 7 nitrogen and oxygen atoms in total. The van der Waals surface area contributed by atoms with Crippen molar-refractivity contribution in [2.45, 2.75) is 26.3 Å². The van der Waals surface area contributed by atoms with Gasteiger partial charge >= 0.3 is 5.97 Å². The summed E-state index contributed by atoms with van der Waals surface area (Å²) >= 11 is 0. The SMILES string of the molecule is COc1ccc(-c2c3c(cc(OC)c2OC)CC[N+](C)(CCCOC(C)=O)C3)cc1OC. The van der Waals surface area contributed by atoms with E-state index in [-0.39, 0.29) is 5.97 Å². The summed E-state index contributed by atoms with van der Waals surface area (Å²) < 4.78 is 28.5. The molecule has 1 unspecified atom stereocenters. The number of benzene rings is 2. The van der Waals surface area contributed by atoms with E-state index in [0.717, 1.165) is 53.8 Å². The lowest BCUT2D eigenvalue weighted by Gasteiger charge is -2.40. The molecule has 0 aromatic heterocycles. The molecule has 1 atom stereocenters.